The van der Waals surface area contributed by atoms with E-state index < -0.39 is 11.1 Å². The minimum absolute atomic E-state index is 0. The number of H-pyrrole nitrogens is 2. The average Bonchev–Trinajstić information content (AvgIpc) is 2.47. The summed E-state index contributed by atoms with van der Waals surface area (Å²) in [5, 5.41) is 16.7. The fourth-order valence-electron chi connectivity index (χ4n) is 1.13. The van der Waals surface area contributed by atoms with Crippen LogP contribution in [-0.4, -0.2) is 25.4 Å². The molecule has 2 rings (SSSR count). The van der Waals surface area contributed by atoms with Gasteiger partial charge in [0.2, 0.25) is 0 Å². The molecule has 12 N–H and O–H groups in total. The van der Waals surface area contributed by atoms with Crippen molar-refractivity contribution in [3.63, 3.8) is 0 Å². The van der Waals surface area contributed by atoms with Gasteiger partial charge < -0.3 is 38.4 Å². The van der Waals surface area contributed by atoms with E-state index in [9.17, 15) is 9.59 Å². The molecule has 13 heteroatoms. The lowest BCUT2D eigenvalue weighted by molar-refractivity contribution is 0.824. The molecule has 0 fully saturated rings. The number of nitrogen functional groups attached to an aromatic ring is 4. The Kier molecular flexibility index (Phi) is 6.26. The van der Waals surface area contributed by atoms with Gasteiger partial charge in [-0.3, -0.25) is 9.59 Å². The number of hydrogen-bond acceptors (Lipinski definition) is 10. The van der Waals surface area contributed by atoms with Crippen LogP contribution in [0.5, 0.6) is 0 Å². The van der Waals surface area contributed by atoms with Gasteiger partial charge in [0, 0.05) is 0 Å². The second kappa shape index (κ2) is 7.62. The summed E-state index contributed by atoms with van der Waals surface area (Å²) >= 11 is 0. The van der Waals surface area contributed by atoms with Crippen molar-refractivity contribution in [3.05, 3.63) is 32.1 Å². The van der Waals surface area contributed by atoms with Crippen molar-refractivity contribution in [3.8, 4) is 12.1 Å². The highest BCUT2D eigenvalue weighted by molar-refractivity contribution is 5.47. The Bertz CT molecular complexity index is 826. The van der Waals surface area contributed by atoms with Crippen LogP contribution in [0.25, 0.3) is 0 Å². The molecule has 2 heterocycles. The zero-order valence-electron chi connectivity index (χ0n) is 11.4. The average molecular weight is 320 g/mol. The Labute approximate surface area is 127 Å². The second-order valence-corrected chi connectivity index (χ2v) is 3.65. The minimum Gasteiger partial charge on any atom is -0.412 e. The van der Waals surface area contributed by atoms with E-state index in [1.807, 2.05) is 0 Å². The zero-order chi connectivity index (χ0) is 16.9. The minimum atomic E-state index is -0.601. The van der Waals surface area contributed by atoms with Crippen LogP contribution in [0, 0.1) is 22.7 Å². The summed E-state index contributed by atoms with van der Waals surface area (Å²) in [5.41, 5.74) is 19.3. The number of anilines is 4. The van der Waals surface area contributed by atoms with E-state index in [4.69, 9.17) is 33.5 Å². The third-order valence-electron chi connectivity index (χ3n) is 2.16. The number of aromatic nitrogens is 4. The van der Waals surface area contributed by atoms with Gasteiger partial charge in [-0.25, -0.2) is 9.97 Å². The van der Waals surface area contributed by atoms with Gasteiger partial charge in [-0.1, -0.05) is 0 Å². The molecule has 0 saturated heterocycles. The second-order valence-electron chi connectivity index (χ2n) is 3.65. The third kappa shape index (κ3) is 4.45. The van der Waals surface area contributed by atoms with Crippen molar-refractivity contribution in [2.24, 2.45) is 0 Å². The van der Waals surface area contributed by atoms with Crippen molar-refractivity contribution >= 4 is 23.3 Å². The van der Waals surface area contributed by atoms with E-state index in [0.717, 1.165) is 0 Å². The summed E-state index contributed by atoms with van der Waals surface area (Å²) in [6, 6.07) is 3.33. The summed E-state index contributed by atoms with van der Waals surface area (Å²) in [7, 11) is 0. The molecule has 0 aromatic carbocycles. The summed E-state index contributed by atoms with van der Waals surface area (Å²) in [6.07, 6.45) is 0. The fourth-order valence-corrected chi connectivity index (χ4v) is 1.13. The predicted octanol–water partition coefficient (Wildman–Crippen LogP) is -3.21. The standard InChI is InChI=1S/2C5H5N5O.H2O/c2*6-1-2-3(7)10-4(8)5(11)9-2;/h2*(H,9,11)(H4,7,8,10);1H2. The van der Waals surface area contributed by atoms with Gasteiger partial charge in [0.05, 0.1) is 0 Å². The van der Waals surface area contributed by atoms with E-state index in [1.54, 1.807) is 12.1 Å². The molecular formula is C10H12N10O3. The topological polar surface area (TPSA) is 275 Å². The first-order chi connectivity index (χ1) is 10.3. The molecule has 0 bridgehead atoms. The maximum Gasteiger partial charge on any atom is 0.291 e. The van der Waals surface area contributed by atoms with Gasteiger partial charge in [-0.2, -0.15) is 10.5 Å². The molecule has 0 radical (unpaired) electrons. The highest BCUT2D eigenvalue weighted by Gasteiger charge is 2.03. The first kappa shape index (κ1) is 18.9. The highest BCUT2D eigenvalue weighted by Crippen LogP contribution is 2.01. The lowest BCUT2D eigenvalue weighted by atomic mass is 10.4. The van der Waals surface area contributed by atoms with Crippen LogP contribution in [0.2, 0.25) is 0 Å². The molecule has 2 aromatic rings. The van der Waals surface area contributed by atoms with Gasteiger partial charge in [-0.15, -0.1) is 0 Å². The highest BCUT2D eigenvalue weighted by atomic mass is 16.1. The van der Waals surface area contributed by atoms with Crippen LogP contribution in [0.4, 0.5) is 23.3 Å². The predicted molar refractivity (Wildman–Crippen MR) is 80.4 cm³/mol. The quantitative estimate of drug-likeness (QED) is 0.282. The summed E-state index contributed by atoms with van der Waals surface area (Å²) in [6.45, 7) is 0. The van der Waals surface area contributed by atoms with Gasteiger partial charge in [0.25, 0.3) is 11.1 Å². The Morgan fingerprint density at radius 2 is 1.04 bits per heavy atom. The molecule has 0 unspecified atom stereocenters. The van der Waals surface area contributed by atoms with Crippen molar-refractivity contribution in [2.75, 3.05) is 22.9 Å². The summed E-state index contributed by atoms with van der Waals surface area (Å²) in [5.74, 6) is -0.600. The number of hydrogen-bond donors (Lipinski definition) is 6. The van der Waals surface area contributed by atoms with Crippen molar-refractivity contribution in [1.29, 1.82) is 10.5 Å². The molecule has 120 valence electrons. The van der Waals surface area contributed by atoms with E-state index >= 15 is 0 Å². The molecule has 2 aromatic heterocycles. The van der Waals surface area contributed by atoms with Crippen LogP contribution < -0.4 is 34.1 Å². The largest absolute Gasteiger partial charge is 0.412 e. The van der Waals surface area contributed by atoms with E-state index in [0.29, 0.717) is 0 Å². The first-order valence-corrected chi connectivity index (χ1v) is 5.40. The zero-order valence-corrected chi connectivity index (χ0v) is 11.4. The third-order valence-corrected chi connectivity index (χ3v) is 2.16. The molecule has 0 spiro atoms. The summed E-state index contributed by atoms with van der Waals surface area (Å²) in [4.78, 5) is 32.6. The lowest BCUT2D eigenvalue weighted by Crippen LogP contribution is -2.17. The van der Waals surface area contributed by atoms with Crippen LogP contribution in [-0.2, 0) is 0 Å². The maximum absolute atomic E-state index is 10.7. The monoisotopic (exact) mass is 320 g/mol. The van der Waals surface area contributed by atoms with Gasteiger partial charge in [0.15, 0.2) is 34.7 Å². The molecule has 23 heavy (non-hydrogen) atoms. The Hall–Kier alpha value is -4.10. The fraction of sp³-hybridized carbons (Fsp3) is 0. The van der Waals surface area contributed by atoms with Gasteiger partial charge >= 0.3 is 0 Å². The number of rotatable bonds is 0. The van der Waals surface area contributed by atoms with Gasteiger partial charge in [-0.05, 0) is 0 Å². The molecule has 0 amide bonds. The molecule has 0 aliphatic carbocycles. The Morgan fingerprint density at radius 1 is 0.739 bits per heavy atom. The van der Waals surface area contributed by atoms with Crippen LogP contribution >= 0.6 is 0 Å². The van der Waals surface area contributed by atoms with Crippen molar-refractivity contribution < 1.29 is 5.48 Å². The normalized spacial score (nSPS) is 8.61. The van der Waals surface area contributed by atoms with E-state index in [-0.39, 0.29) is 40.1 Å². The lowest BCUT2D eigenvalue weighted by Gasteiger charge is -1.95. The number of nitrogens with zero attached hydrogens (tertiary/aromatic N) is 4. The molecule has 0 aliphatic heterocycles. The number of nitrogens with one attached hydrogen (secondary N) is 2. The Morgan fingerprint density at radius 3 is 1.30 bits per heavy atom. The molecule has 0 atom stereocenters. The van der Waals surface area contributed by atoms with Gasteiger partial charge in [0.1, 0.15) is 12.1 Å². The van der Waals surface area contributed by atoms with Crippen LogP contribution in [0.15, 0.2) is 9.59 Å². The van der Waals surface area contributed by atoms with E-state index in [1.165, 1.54) is 0 Å². The van der Waals surface area contributed by atoms with Crippen LogP contribution in [0.3, 0.4) is 0 Å². The smallest absolute Gasteiger partial charge is 0.291 e. The van der Waals surface area contributed by atoms with E-state index in [2.05, 4.69) is 19.9 Å². The number of nitriles is 2. The molecular weight excluding hydrogens is 308 g/mol. The number of aromatic amines is 2. The van der Waals surface area contributed by atoms with Crippen molar-refractivity contribution in [1.82, 2.24) is 19.9 Å². The first-order valence-electron chi connectivity index (χ1n) is 5.40. The number of nitrogens with two attached hydrogens (primary N) is 4. The molecule has 13 nitrogen and oxygen atoms in total. The van der Waals surface area contributed by atoms with Crippen LogP contribution in [0.1, 0.15) is 11.4 Å². The van der Waals surface area contributed by atoms with Crippen molar-refractivity contribution in [2.45, 2.75) is 0 Å². The maximum atomic E-state index is 10.7. The summed E-state index contributed by atoms with van der Waals surface area (Å²) < 4.78 is 0. The molecule has 0 aliphatic rings. The SMILES string of the molecule is N#Cc1[nH]c(=O)c(N)nc1N.N#Cc1[nH]c(=O)c(N)nc1N.O. The molecule has 0 saturated carbocycles. The Balaban J connectivity index is 0.000000403.